The van der Waals surface area contributed by atoms with Crippen LogP contribution in [0.4, 0.5) is 0 Å². The fourth-order valence-electron chi connectivity index (χ4n) is 1.76. The van der Waals surface area contributed by atoms with Gasteiger partial charge >= 0.3 is 0 Å². The third kappa shape index (κ3) is 3.74. The summed E-state index contributed by atoms with van der Waals surface area (Å²) in [6, 6.07) is 14.0. The zero-order valence-corrected chi connectivity index (χ0v) is 14.3. The molecule has 0 saturated carbocycles. The van der Waals surface area contributed by atoms with Gasteiger partial charge in [-0.25, -0.2) is 0 Å². The van der Waals surface area contributed by atoms with Gasteiger partial charge in [-0.2, -0.15) is 0 Å². The van der Waals surface area contributed by atoms with Crippen molar-refractivity contribution < 1.29 is 4.74 Å². The van der Waals surface area contributed by atoms with E-state index in [9.17, 15) is 0 Å². The molecular formula is C15H13Br2ClO. The molecule has 19 heavy (non-hydrogen) atoms. The maximum absolute atomic E-state index is 6.01. The molecule has 100 valence electrons. The SMILES string of the molecule is CCOc1ccc(C(Br)c2ccc(Cl)c(Br)c2)cc1. The first kappa shape index (κ1) is 14.9. The molecule has 1 unspecified atom stereocenters. The Labute approximate surface area is 135 Å². The maximum atomic E-state index is 6.01. The molecule has 0 saturated heterocycles. The highest BCUT2D eigenvalue weighted by molar-refractivity contribution is 9.10. The van der Waals surface area contributed by atoms with Gasteiger partial charge in [0.05, 0.1) is 16.5 Å². The summed E-state index contributed by atoms with van der Waals surface area (Å²) in [6.07, 6.45) is 0. The quantitative estimate of drug-likeness (QED) is 0.569. The fraction of sp³-hybridized carbons (Fsp3) is 0.200. The zero-order valence-electron chi connectivity index (χ0n) is 10.4. The van der Waals surface area contributed by atoms with Crippen LogP contribution >= 0.6 is 43.5 Å². The molecule has 0 fully saturated rings. The van der Waals surface area contributed by atoms with Gasteiger partial charge in [-0.05, 0) is 58.2 Å². The average molecular weight is 405 g/mol. The van der Waals surface area contributed by atoms with E-state index in [1.54, 1.807) is 0 Å². The zero-order chi connectivity index (χ0) is 13.8. The Morgan fingerprint density at radius 2 is 1.74 bits per heavy atom. The summed E-state index contributed by atoms with van der Waals surface area (Å²) >= 11 is 13.2. The lowest BCUT2D eigenvalue weighted by Crippen LogP contribution is -1.95. The van der Waals surface area contributed by atoms with Crippen LogP contribution in [0.15, 0.2) is 46.9 Å². The van der Waals surface area contributed by atoms with Gasteiger partial charge in [-0.15, -0.1) is 0 Å². The summed E-state index contributed by atoms with van der Waals surface area (Å²) in [5, 5.41) is 0.718. The number of hydrogen-bond acceptors (Lipinski definition) is 1. The monoisotopic (exact) mass is 402 g/mol. The first-order valence-electron chi connectivity index (χ1n) is 5.93. The lowest BCUT2D eigenvalue weighted by Gasteiger charge is -2.12. The van der Waals surface area contributed by atoms with Crippen LogP contribution in [0.1, 0.15) is 22.9 Å². The normalized spacial score (nSPS) is 12.2. The van der Waals surface area contributed by atoms with Gasteiger partial charge in [0.25, 0.3) is 0 Å². The molecule has 0 amide bonds. The van der Waals surface area contributed by atoms with E-state index in [1.165, 1.54) is 5.56 Å². The highest BCUT2D eigenvalue weighted by Gasteiger charge is 2.11. The molecule has 2 rings (SSSR count). The number of alkyl halides is 1. The van der Waals surface area contributed by atoms with E-state index in [1.807, 2.05) is 37.3 Å². The molecule has 0 aliphatic rings. The molecular weight excluding hydrogens is 391 g/mol. The molecule has 0 heterocycles. The molecule has 4 heteroatoms. The predicted molar refractivity (Wildman–Crippen MR) is 87.5 cm³/mol. The summed E-state index contributed by atoms with van der Waals surface area (Å²) in [7, 11) is 0. The smallest absolute Gasteiger partial charge is 0.119 e. The van der Waals surface area contributed by atoms with Gasteiger partial charge in [-0.3, -0.25) is 0 Å². The van der Waals surface area contributed by atoms with Crippen molar-refractivity contribution in [3.05, 3.63) is 63.1 Å². The number of hydrogen-bond donors (Lipinski definition) is 0. The minimum atomic E-state index is 0.136. The molecule has 1 nitrogen and oxygen atoms in total. The molecule has 0 N–H and O–H groups in total. The lowest BCUT2D eigenvalue weighted by atomic mass is 10.0. The molecule has 0 aliphatic heterocycles. The largest absolute Gasteiger partial charge is 0.494 e. The number of rotatable bonds is 4. The van der Waals surface area contributed by atoms with Crippen molar-refractivity contribution >= 4 is 43.5 Å². The van der Waals surface area contributed by atoms with Crippen LogP contribution in [0.5, 0.6) is 5.75 Å². The fourth-order valence-corrected chi connectivity index (χ4v) is 2.87. The third-order valence-electron chi connectivity index (χ3n) is 2.72. The van der Waals surface area contributed by atoms with Gasteiger partial charge in [-0.1, -0.05) is 45.7 Å². The van der Waals surface area contributed by atoms with E-state index < -0.39 is 0 Å². The highest BCUT2D eigenvalue weighted by Crippen LogP contribution is 2.34. The van der Waals surface area contributed by atoms with E-state index >= 15 is 0 Å². The minimum absolute atomic E-state index is 0.136. The van der Waals surface area contributed by atoms with E-state index in [0.717, 1.165) is 20.8 Å². The Bertz CT molecular complexity index is 555. The van der Waals surface area contributed by atoms with Crippen molar-refractivity contribution in [3.63, 3.8) is 0 Å². The molecule has 0 aromatic heterocycles. The van der Waals surface area contributed by atoms with Gasteiger partial charge < -0.3 is 4.74 Å². The molecule has 2 aromatic carbocycles. The van der Waals surface area contributed by atoms with Crippen LogP contribution in [0.2, 0.25) is 5.02 Å². The molecule has 1 atom stereocenters. The molecule has 2 aromatic rings. The first-order chi connectivity index (χ1) is 9.11. The van der Waals surface area contributed by atoms with Crippen LogP contribution < -0.4 is 4.74 Å². The summed E-state index contributed by atoms with van der Waals surface area (Å²) in [6.45, 7) is 2.66. The second kappa shape index (κ2) is 6.78. The van der Waals surface area contributed by atoms with Crippen molar-refractivity contribution in [1.82, 2.24) is 0 Å². The van der Waals surface area contributed by atoms with Gasteiger partial charge in [0.15, 0.2) is 0 Å². The minimum Gasteiger partial charge on any atom is -0.494 e. The van der Waals surface area contributed by atoms with E-state index in [4.69, 9.17) is 16.3 Å². The van der Waals surface area contributed by atoms with Crippen LogP contribution in [-0.2, 0) is 0 Å². The number of halogens is 3. The standard InChI is InChI=1S/C15H13Br2ClO/c1-2-19-12-6-3-10(4-7-12)15(17)11-5-8-14(18)13(16)9-11/h3-9,15H,2H2,1H3. The lowest BCUT2D eigenvalue weighted by molar-refractivity contribution is 0.340. The van der Waals surface area contributed by atoms with E-state index in [0.29, 0.717) is 6.61 Å². The Balaban J connectivity index is 2.22. The van der Waals surface area contributed by atoms with Crippen molar-refractivity contribution in [3.8, 4) is 5.75 Å². The van der Waals surface area contributed by atoms with Crippen molar-refractivity contribution in [1.29, 1.82) is 0 Å². The van der Waals surface area contributed by atoms with Crippen LogP contribution in [0.3, 0.4) is 0 Å². The summed E-state index contributed by atoms with van der Waals surface area (Å²) in [4.78, 5) is 0.136. The average Bonchev–Trinajstić information content (AvgIpc) is 2.42. The van der Waals surface area contributed by atoms with Gasteiger partial charge in [0.1, 0.15) is 5.75 Å². The first-order valence-corrected chi connectivity index (χ1v) is 8.02. The Morgan fingerprint density at radius 1 is 1.11 bits per heavy atom. The molecule has 0 radical (unpaired) electrons. The molecule has 0 bridgehead atoms. The molecule has 0 spiro atoms. The maximum Gasteiger partial charge on any atom is 0.119 e. The van der Waals surface area contributed by atoms with Crippen LogP contribution in [-0.4, -0.2) is 6.61 Å². The van der Waals surface area contributed by atoms with Crippen molar-refractivity contribution in [2.75, 3.05) is 6.61 Å². The topological polar surface area (TPSA) is 9.23 Å². The van der Waals surface area contributed by atoms with Crippen LogP contribution in [0, 0.1) is 0 Å². The highest BCUT2D eigenvalue weighted by atomic mass is 79.9. The van der Waals surface area contributed by atoms with E-state index in [2.05, 4.69) is 44.0 Å². The van der Waals surface area contributed by atoms with Crippen molar-refractivity contribution in [2.24, 2.45) is 0 Å². The Hall–Kier alpha value is -0.510. The summed E-state index contributed by atoms with van der Waals surface area (Å²) < 4.78 is 6.35. The second-order valence-corrected chi connectivity index (χ2v) is 6.22. The predicted octanol–water partition coefficient (Wildman–Crippen LogP) is 5.99. The van der Waals surface area contributed by atoms with Crippen molar-refractivity contribution in [2.45, 2.75) is 11.8 Å². The Kier molecular flexibility index (Phi) is 5.31. The molecule has 0 aliphatic carbocycles. The third-order valence-corrected chi connectivity index (χ3v) is 4.99. The summed E-state index contributed by atoms with van der Waals surface area (Å²) in [5.41, 5.74) is 2.33. The number of ether oxygens (including phenoxy) is 1. The van der Waals surface area contributed by atoms with Crippen LogP contribution in [0.25, 0.3) is 0 Å². The Morgan fingerprint density at radius 3 is 2.32 bits per heavy atom. The number of benzene rings is 2. The summed E-state index contributed by atoms with van der Waals surface area (Å²) in [5.74, 6) is 0.892. The van der Waals surface area contributed by atoms with Gasteiger partial charge in [0, 0.05) is 4.47 Å². The van der Waals surface area contributed by atoms with E-state index in [-0.39, 0.29) is 4.83 Å². The van der Waals surface area contributed by atoms with Gasteiger partial charge in [0.2, 0.25) is 0 Å². The second-order valence-electron chi connectivity index (χ2n) is 4.04.